The number of nitrogens with one attached hydrogen (secondary N) is 1. The van der Waals surface area contributed by atoms with Crippen molar-refractivity contribution < 1.29 is 14.4 Å². The maximum absolute atomic E-state index is 12.8. The fraction of sp³-hybridized carbons (Fsp3) is 0.0455. The Morgan fingerprint density at radius 1 is 0.897 bits per heavy atom. The van der Waals surface area contributed by atoms with Crippen molar-refractivity contribution >= 4 is 52.5 Å². The number of benzene rings is 3. The minimum absolute atomic E-state index is 0.207. The lowest BCUT2D eigenvalue weighted by Crippen LogP contribution is -2.29. The second-order valence-corrected chi connectivity index (χ2v) is 7.82. The monoisotopic (exact) mass is 422 g/mol. The Labute approximate surface area is 176 Å². The van der Waals surface area contributed by atoms with E-state index in [4.69, 9.17) is 11.6 Å². The molecule has 4 rings (SSSR count). The van der Waals surface area contributed by atoms with Gasteiger partial charge in [0.15, 0.2) is 0 Å². The molecule has 1 aliphatic heterocycles. The number of para-hydroxylation sites is 1. The van der Waals surface area contributed by atoms with Crippen LogP contribution >= 0.6 is 23.4 Å². The summed E-state index contributed by atoms with van der Waals surface area (Å²) in [5, 5.41) is 3.41. The molecule has 7 heteroatoms. The van der Waals surface area contributed by atoms with Crippen LogP contribution in [0.2, 0.25) is 5.02 Å². The van der Waals surface area contributed by atoms with E-state index < -0.39 is 5.91 Å². The van der Waals surface area contributed by atoms with Crippen LogP contribution in [0.15, 0.2) is 77.7 Å². The van der Waals surface area contributed by atoms with Gasteiger partial charge in [0.1, 0.15) is 0 Å². The summed E-state index contributed by atoms with van der Waals surface area (Å²) >= 11 is 7.24. The number of rotatable bonds is 5. The summed E-state index contributed by atoms with van der Waals surface area (Å²) in [4.78, 5) is 39.7. The molecular formula is C22H15ClN2O3S. The van der Waals surface area contributed by atoms with Gasteiger partial charge in [0, 0.05) is 15.6 Å². The summed E-state index contributed by atoms with van der Waals surface area (Å²) < 4.78 is 0. The first kappa shape index (κ1) is 19.2. The van der Waals surface area contributed by atoms with Gasteiger partial charge < -0.3 is 5.32 Å². The Kier molecular flexibility index (Phi) is 5.38. The third-order valence-electron chi connectivity index (χ3n) is 4.37. The topological polar surface area (TPSA) is 66.5 Å². The molecule has 0 aliphatic carbocycles. The van der Waals surface area contributed by atoms with Crippen LogP contribution in [0.1, 0.15) is 20.7 Å². The summed E-state index contributed by atoms with van der Waals surface area (Å²) in [6.07, 6.45) is 0. The lowest BCUT2D eigenvalue weighted by Gasteiger charge is -2.13. The van der Waals surface area contributed by atoms with Crippen LogP contribution in [0.4, 0.5) is 11.4 Å². The quantitative estimate of drug-likeness (QED) is 0.470. The number of hydrogen-bond donors (Lipinski definition) is 1. The summed E-state index contributed by atoms with van der Waals surface area (Å²) in [6.45, 7) is 0. The smallest absolute Gasteiger partial charge is 0.266 e. The van der Waals surface area contributed by atoms with Gasteiger partial charge in [-0.3, -0.25) is 14.4 Å². The number of carbonyl (C=O) groups is 3. The van der Waals surface area contributed by atoms with Gasteiger partial charge in [0.2, 0.25) is 5.91 Å². The van der Waals surface area contributed by atoms with Crippen LogP contribution in [-0.2, 0) is 4.79 Å². The molecule has 0 aromatic heterocycles. The van der Waals surface area contributed by atoms with Crippen LogP contribution in [0, 0.1) is 0 Å². The molecule has 0 saturated heterocycles. The number of fused-ring (bicyclic) bond motifs is 1. The van der Waals surface area contributed by atoms with E-state index in [1.807, 2.05) is 18.2 Å². The molecule has 1 N–H and O–H groups in total. The molecular weight excluding hydrogens is 408 g/mol. The Morgan fingerprint density at radius 3 is 2.31 bits per heavy atom. The molecule has 1 aliphatic rings. The van der Waals surface area contributed by atoms with E-state index in [2.05, 4.69) is 5.32 Å². The minimum Gasteiger partial charge on any atom is -0.325 e. The first-order valence-electron chi connectivity index (χ1n) is 8.79. The highest BCUT2D eigenvalue weighted by atomic mass is 35.5. The average Bonchev–Trinajstić information content (AvgIpc) is 2.98. The fourth-order valence-electron chi connectivity index (χ4n) is 3.01. The first-order valence-corrected chi connectivity index (χ1v) is 10.2. The molecule has 3 aromatic carbocycles. The van der Waals surface area contributed by atoms with Gasteiger partial charge in [-0.25, -0.2) is 4.90 Å². The molecule has 3 aromatic rings. The SMILES string of the molecule is O=C(CSc1ccc(Cl)cc1)Nc1ccc2c(c1)C(=O)N(c1ccccc1)C2=O. The predicted molar refractivity (Wildman–Crippen MR) is 115 cm³/mol. The van der Waals surface area contributed by atoms with E-state index in [-0.39, 0.29) is 23.1 Å². The molecule has 0 fully saturated rings. The number of thioether (sulfide) groups is 1. The van der Waals surface area contributed by atoms with Crippen molar-refractivity contribution in [3.05, 3.63) is 88.9 Å². The van der Waals surface area contributed by atoms with Crippen molar-refractivity contribution in [3.63, 3.8) is 0 Å². The molecule has 0 saturated carbocycles. The summed E-state index contributed by atoms with van der Waals surface area (Å²) in [6, 6.07) is 20.7. The van der Waals surface area contributed by atoms with Gasteiger partial charge in [0.05, 0.1) is 22.6 Å². The molecule has 1 heterocycles. The first-order chi connectivity index (χ1) is 14.0. The third-order valence-corrected chi connectivity index (χ3v) is 5.63. The highest BCUT2D eigenvalue weighted by Crippen LogP contribution is 2.30. The standard InChI is InChI=1S/C22H15ClN2O3S/c23-14-6-9-17(10-7-14)29-13-20(26)24-15-8-11-18-19(12-15)22(28)25(21(18)27)16-4-2-1-3-5-16/h1-12H,13H2,(H,24,26). The van der Waals surface area contributed by atoms with Gasteiger partial charge in [-0.15, -0.1) is 11.8 Å². The van der Waals surface area contributed by atoms with Crippen LogP contribution < -0.4 is 10.2 Å². The van der Waals surface area contributed by atoms with Crippen LogP contribution in [-0.4, -0.2) is 23.5 Å². The van der Waals surface area contributed by atoms with Gasteiger partial charge in [-0.2, -0.15) is 0 Å². The highest BCUT2D eigenvalue weighted by molar-refractivity contribution is 8.00. The molecule has 0 atom stereocenters. The predicted octanol–water partition coefficient (Wildman–Crippen LogP) is 4.87. The van der Waals surface area contributed by atoms with Crippen molar-refractivity contribution in [2.24, 2.45) is 0 Å². The van der Waals surface area contributed by atoms with Crippen molar-refractivity contribution in [2.45, 2.75) is 4.90 Å². The van der Waals surface area contributed by atoms with E-state index in [0.29, 0.717) is 22.0 Å². The van der Waals surface area contributed by atoms with Crippen LogP contribution in [0.3, 0.4) is 0 Å². The van der Waals surface area contributed by atoms with Crippen molar-refractivity contribution in [2.75, 3.05) is 16.0 Å². The maximum atomic E-state index is 12.8. The van der Waals surface area contributed by atoms with E-state index in [1.165, 1.54) is 11.8 Å². The van der Waals surface area contributed by atoms with Crippen molar-refractivity contribution in [1.29, 1.82) is 0 Å². The molecule has 29 heavy (non-hydrogen) atoms. The zero-order valence-corrected chi connectivity index (χ0v) is 16.7. The number of halogens is 1. The summed E-state index contributed by atoms with van der Waals surface area (Å²) in [7, 11) is 0. The van der Waals surface area contributed by atoms with Gasteiger partial charge in [-0.1, -0.05) is 29.8 Å². The number of carbonyl (C=O) groups excluding carboxylic acids is 3. The van der Waals surface area contributed by atoms with E-state index in [0.717, 1.165) is 9.80 Å². The molecule has 0 bridgehead atoms. The maximum Gasteiger partial charge on any atom is 0.266 e. The molecule has 0 spiro atoms. The fourth-order valence-corrected chi connectivity index (χ4v) is 3.83. The van der Waals surface area contributed by atoms with Gasteiger partial charge >= 0.3 is 0 Å². The second-order valence-electron chi connectivity index (χ2n) is 6.33. The van der Waals surface area contributed by atoms with Crippen molar-refractivity contribution in [3.8, 4) is 0 Å². The number of anilines is 2. The lowest BCUT2D eigenvalue weighted by atomic mass is 10.1. The summed E-state index contributed by atoms with van der Waals surface area (Å²) in [5.41, 5.74) is 1.60. The molecule has 144 valence electrons. The minimum atomic E-state index is -0.400. The molecule has 5 nitrogen and oxygen atoms in total. The number of hydrogen-bond acceptors (Lipinski definition) is 4. The van der Waals surface area contributed by atoms with Crippen LogP contribution in [0.5, 0.6) is 0 Å². The highest BCUT2D eigenvalue weighted by Gasteiger charge is 2.36. The average molecular weight is 423 g/mol. The van der Waals surface area contributed by atoms with Gasteiger partial charge in [-0.05, 0) is 54.6 Å². The molecule has 0 unspecified atom stereocenters. The normalized spacial score (nSPS) is 12.8. The Balaban J connectivity index is 1.46. The van der Waals surface area contributed by atoms with Gasteiger partial charge in [0.25, 0.3) is 11.8 Å². The Bertz CT molecular complexity index is 1100. The third kappa shape index (κ3) is 4.04. The summed E-state index contributed by atoms with van der Waals surface area (Å²) in [5.74, 6) is -0.765. The molecule has 3 amide bonds. The second kappa shape index (κ2) is 8.11. The van der Waals surface area contributed by atoms with E-state index in [1.54, 1.807) is 54.6 Å². The Hall–Kier alpha value is -3.09. The largest absolute Gasteiger partial charge is 0.325 e. The number of imide groups is 1. The Morgan fingerprint density at radius 2 is 1.59 bits per heavy atom. The lowest BCUT2D eigenvalue weighted by molar-refractivity contribution is -0.113. The van der Waals surface area contributed by atoms with E-state index >= 15 is 0 Å². The number of nitrogens with zero attached hydrogens (tertiary/aromatic N) is 1. The zero-order chi connectivity index (χ0) is 20.4. The van der Waals surface area contributed by atoms with Crippen LogP contribution in [0.25, 0.3) is 0 Å². The zero-order valence-electron chi connectivity index (χ0n) is 15.1. The number of amides is 3. The molecule has 0 radical (unpaired) electrons. The van der Waals surface area contributed by atoms with E-state index in [9.17, 15) is 14.4 Å². The van der Waals surface area contributed by atoms with Crippen molar-refractivity contribution in [1.82, 2.24) is 0 Å².